The molecule has 1 aliphatic heterocycles. The topological polar surface area (TPSA) is 71.1 Å². The van der Waals surface area contributed by atoms with Crippen LogP contribution in [0, 0.1) is 0 Å². The molecule has 1 fully saturated rings. The van der Waals surface area contributed by atoms with Crippen molar-refractivity contribution in [3.05, 3.63) is 90.0 Å². The summed E-state index contributed by atoms with van der Waals surface area (Å²) in [6, 6.07) is 23.6. The third-order valence-electron chi connectivity index (χ3n) is 6.54. The highest BCUT2D eigenvalue weighted by molar-refractivity contribution is 6.14. The predicted molar refractivity (Wildman–Crippen MR) is 141 cm³/mol. The molecule has 188 valence electrons. The molecule has 1 N–H and O–H groups in total. The van der Waals surface area contributed by atoms with Gasteiger partial charge in [0.25, 0.3) is 0 Å². The first-order valence-corrected chi connectivity index (χ1v) is 12.3. The van der Waals surface area contributed by atoms with Gasteiger partial charge in [-0.25, -0.2) is 0 Å². The number of amides is 1. The maximum atomic E-state index is 13.1. The van der Waals surface area contributed by atoms with Crippen molar-refractivity contribution >= 4 is 17.4 Å². The monoisotopic (exact) mass is 487 g/mol. The molecule has 1 atom stereocenters. The quantitative estimate of drug-likeness (QED) is 0.437. The number of piperazine rings is 1. The Morgan fingerprint density at radius 2 is 1.50 bits per heavy atom. The van der Waals surface area contributed by atoms with Crippen molar-refractivity contribution in [3.63, 3.8) is 0 Å². The molecule has 0 saturated carbocycles. The number of anilines is 1. The zero-order valence-electron chi connectivity index (χ0n) is 20.9. The van der Waals surface area contributed by atoms with Gasteiger partial charge in [0.1, 0.15) is 18.1 Å². The highest BCUT2D eigenvalue weighted by Crippen LogP contribution is 2.21. The smallest absolute Gasteiger partial charge is 0.241 e. The van der Waals surface area contributed by atoms with Crippen molar-refractivity contribution in [3.8, 4) is 11.5 Å². The number of ketones is 1. The van der Waals surface area contributed by atoms with E-state index in [1.807, 2.05) is 61.5 Å². The van der Waals surface area contributed by atoms with Crippen LogP contribution in [0.1, 0.15) is 22.8 Å². The second-order valence-electron chi connectivity index (χ2n) is 8.81. The Balaban J connectivity index is 1.26. The lowest BCUT2D eigenvalue weighted by Gasteiger charge is -2.37. The largest absolute Gasteiger partial charge is 0.497 e. The van der Waals surface area contributed by atoms with Gasteiger partial charge in [-0.1, -0.05) is 42.5 Å². The Morgan fingerprint density at radius 3 is 2.19 bits per heavy atom. The summed E-state index contributed by atoms with van der Waals surface area (Å²) >= 11 is 0. The molecular formula is C29H33N3O4. The van der Waals surface area contributed by atoms with Gasteiger partial charge in [-0.05, 0) is 43.3 Å². The molecule has 0 radical (unpaired) electrons. The van der Waals surface area contributed by atoms with Gasteiger partial charge in [0.15, 0.2) is 5.78 Å². The number of benzene rings is 3. The summed E-state index contributed by atoms with van der Waals surface area (Å²) in [7, 11) is 1.64. The Hall–Kier alpha value is -3.68. The highest BCUT2D eigenvalue weighted by Gasteiger charge is 2.26. The molecule has 4 rings (SSSR count). The molecule has 36 heavy (non-hydrogen) atoms. The van der Waals surface area contributed by atoms with E-state index in [0.717, 1.165) is 44.2 Å². The third-order valence-corrected chi connectivity index (χ3v) is 6.54. The average molecular weight is 488 g/mol. The first-order valence-electron chi connectivity index (χ1n) is 12.3. The van der Waals surface area contributed by atoms with Gasteiger partial charge in [-0.2, -0.15) is 0 Å². The molecule has 0 bridgehead atoms. The van der Waals surface area contributed by atoms with E-state index in [-0.39, 0.29) is 17.7 Å². The van der Waals surface area contributed by atoms with E-state index in [4.69, 9.17) is 9.47 Å². The first kappa shape index (κ1) is 25.4. The van der Waals surface area contributed by atoms with Gasteiger partial charge < -0.3 is 14.8 Å². The van der Waals surface area contributed by atoms with Crippen LogP contribution in [0.4, 0.5) is 5.69 Å². The second-order valence-corrected chi connectivity index (χ2v) is 8.81. The average Bonchev–Trinajstić information content (AvgIpc) is 2.94. The molecule has 0 spiro atoms. The number of methoxy groups -OCH3 is 1. The minimum absolute atomic E-state index is 0.107. The number of carbonyl (C=O) groups is 2. The van der Waals surface area contributed by atoms with Gasteiger partial charge in [0, 0.05) is 43.9 Å². The lowest BCUT2D eigenvalue weighted by Crippen LogP contribution is -2.53. The van der Waals surface area contributed by atoms with Crippen LogP contribution in [-0.4, -0.2) is 74.0 Å². The molecule has 1 amide bonds. The van der Waals surface area contributed by atoms with Crippen LogP contribution in [0.2, 0.25) is 0 Å². The van der Waals surface area contributed by atoms with Gasteiger partial charge in [-0.3, -0.25) is 19.4 Å². The van der Waals surface area contributed by atoms with Gasteiger partial charge in [0.05, 0.1) is 18.8 Å². The summed E-state index contributed by atoms with van der Waals surface area (Å²) in [5.41, 5.74) is 1.63. The number of ether oxygens (including phenoxy) is 2. The minimum atomic E-state index is -0.303. The van der Waals surface area contributed by atoms with Crippen molar-refractivity contribution in [2.75, 3.05) is 51.8 Å². The molecule has 1 saturated heterocycles. The van der Waals surface area contributed by atoms with Crippen LogP contribution in [-0.2, 0) is 4.79 Å². The molecular weight excluding hydrogens is 454 g/mol. The summed E-state index contributed by atoms with van der Waals surface area (Å²) in [5, 5.41) is 2.99. The predicted octanol–water partition coefficient (Wildman–Crippen LogP) is 3.95. The lowest BCUT2D eigenvalue weighted by atomic mass is 10.0. The molecule has 1 heterocycles. The van der Waals surface area contributed by atoms with Crippen molar-refractivity contribution in [2.45, 2.75) is 13.0 Å². The van der Waals surface area contributed by atoms with Crippen molar-refractivity contribution in [1.82, 2.24) is 9.80 Å². The van der Waals surface area contributed by atoms with E-state index in [0.29, 0.717) is 23.4 Å². The van der Waals surface area contributed by atoms with Crippen LogP contribution in [0.15, 0.2) is 78.9 Å². The fourth-order valence-electron chi connectivity index (χ4n) is 4.28. The molecule has 0 aromatic heterocycles. The van der Waals surface area contributed by atoms with Crippen LogP contribution >= 0.6 is 0 Å². The maximum Gasteiger partial charge on any atom is 0.241 e. The molecule has 0 aliphatic carbocycles. The van der Waals surface area contributed by atoms with E-state index >= 15 is 0 Å². The molecule has 7 nitrogen and oxygen atoms in total. The number of carbonyl (C=O) groups excluding carboxylic acids is 2. The van der Waals surface area contributed by atoms with Crippen LogP contribution < -0.4 is 14.8 Å². The zero-order valence-corrected chi connectivity index (χ0v) is 20.9. The number of rotatable bonds is 10. The summed E-state index contributed by atoms with van der Waals surface area (Å²) in [6.45, 7) is 6.67. The van der Waals surface area contributed by atoms with Crippen molar-refractivity contribution in [1.29, 1.82) is 0 Å². The van der Waals surface area contributed by atoms with E-state index < -0.39 is 0 Å². The second kappa shape index (κ2) is 12.3. The highest BCUT2D eigenvalue weighted by atomic mass is 16.5. The molecule has 3 aromatic carbocycles. The van der Waals surface area contributed by atoms with Gasteiger partial charge in [-0.15, -0.1) is 0 Å². The van der Waals surface area contributed by atoms with E-state index in [2.05, 4.69) is 15.1 Å². The number of hydrogen-bond acceptors (Lipinski definition) is 6. The van der Waals surface area contributed by atoms with E-state index in [1.165, 1.54) is 0 Å². The van der Waals surface area contributed by atoms with E-state index in [9.17, 15) is 9.59 Å². The van der Waals surface area contributed by atoms with Crippen LogP contribution in [0.25, 0.3) is 0 Å². The standard InChI is InChI=1S/C29H33N3O4/c1-22(29(34)30-27-11-7-6-10-26(27)28(33)23-8-4-3-5-9-23)32-18-16-31(17-19-32)20-21-36-25-14-12-24(35-2)13-15-25/h3-15,22H,16-21H2,1-2H3,(H,30,34)/t22-/m1/s1. The van der Waals surface area contributed by atoms with Crippen molar-refractivity contribution < 1.29 is 19.1 Å². The normalized spacial score (nSPS) is 15.2. The molecule has 1 aliphatic rings. The number of para-hydroxylation sites is 1. The van der Waals surface area contributed by atoms with E-state index in [1.54, 1.807) is 31.4 Å². The molecule has 0 unspecified atom stereocenters. The first-order chi connectivity index (χ1) is 17.5. The Labute approximate surface area is 212 Å². The maximum absolute atomic E-state index is 13.1. The van der Waals surface area contributed by atoms with Gasteiger partial charge in [0.2, 0.25) is 5.91 Å². The number of hydrogen-bond donors (Lipinski definition) is 1. The molecule has 3 aromatic rings. The summed E-state index contributed by atoms with van der Waals surface area (Å²) in [6.07, 6.45) is 0. The summed E-state index contributed by atoms with van der Waals surface area (Å²) in [5.74, 6) is 1.41. The Kier molecular flexibility index (Phi) is 8.71. The van der Waals surface area contributed by atoms with Crippen LogP contribution in [0.5, 0.6) is 11.5 Å². The molecule has 7 heteroatoms. The lowest BCUT2D eigenvalue weighted by molar-refractivity contribution is -0.121. The number of nitrogens with zero attached hydrogens (tertiary/aromatic N) is 2. The van der Waals surface area contributed by atoms with Gasteiger partial charge >= 0.3 is 0 Å². The minimum Gasteiger partial charge on any atom is -0.497 e. The Morgan fingerprint density at radius 1 is 0.861 bits per heavy atom. The SMILES string of the molecule is COc1ccc(OCCN2CCN([C@H](C)C(=O)Nc3ccccc3C(=O)c3ccccc3)CC2)cc1. The fourth-order valence-corrected chi connectivity index (χ4v) is 4.28. The number of nitrogens with one attached hydrogen (secondary N) is 1. The Bertz CT molecular complexity index is 1140. The van der Waals surface area contributed by atoms with Crippen molar-refractivity contribution in [2.24, 2.45) is 0 Å². The zero-order chi connectivity index (χ0) is 25.3. The fraction of sp³-hybridized carbons (Fsp3) is 0.310. The summed E-state index contributed by atoms with van der Waals surface area (Å²) in [4.78, 5) is 30.6. The van der Waals surface area contributed by atoms with Crippen LogP contribution in [0.3, 0.4) is 0 Å². The summed E-state index contributed by atoms with van der Waals surface area (Å²) < 4.78 is 11.0. The third kappa shape index (κ3) is 6.50.